The Kier molecular flexibility index (Phi) is 4.51. The SMILES string of the molecule is O=C(NCC1(c2ccccc2Cl)CC1)c1ccccc1Cn1cccn1. The topological polar surface area (TPSA) is 46.9 Å². The number of hydrogen-bond donors (Lipinski definition) is 1. The van der Waals surface area contributed by atoms with Gasteiger partial charge in [-0.05, 0) is 42.2 Å². The standard InChI is InChI=1S/C21H20ClN3O/c22-19-9-4-3-8-18(19)21(10-11-21)15-23-20(26)17-7-2-1-6-16(17)14-25-13-5-12-24-25/h1-9,12-13H,10-11,14-15H2,(H,23,26). The first-order valence-corrected chi connectivity index (χ1v) is 9.14. The van der Waals surface area contributed by atoms with E-state index in [1.807, 2.05) is 59.4 Å². The molecule has 1 aliphatic carbocycles. The van der Waals surface area contributed by atoms with Gasteiger partial charge in [0.15, 0.2) is 0 Å². The van der Waals surface area contributed by atoms with Crippen LogP contribution in [-0.2, 0) is 12.0 Å². The van der Waals surface area contributed by atoms with E-state index in [0.717, 1.165) is 29.0 Å². The van der Waals surface area contributed by atoms with Crippen molar-refractivity contribution in [2.24, 2.45) is 0 Å². The maximum absolute atomic E-state index is 12.8. The second-order valence-electron chi connectivity index (χ2n) is 6.80. The van der Waals surface area contributed by atoms with Crippen LogP contribution in [-0.4, -0.2) is 22.2 Å². The Labute approximate surface area is 157 Å². The summed E-state index contributed by atoms with van der Waals surface area (Å²) < 4.78 is 1.82. The van der Waals surface area contributed by atoms with Crippen LogP contribution in [0.1, 0.15) is 34.3 Å². The number of carbonyl (C=O) groups excluding carboxylic acids is 1. The van der Waals surface area contributed by atoms with E-state index in [4.69, 9.17) is 11.6 Å². The first kappa shape index (κ1) is 16.9. The van der Waals surface area contributed by atoms with Gasteiger partial charge in [0.2, 0.25) is 0 Å². The van der Waals surface area contributed by atoms with Gasteiger partial charge in [0.1, 0.15) is 0 Å². The molecule has 3 aromatic rings. The molecule has 2 aromatic carbocycles. The van der Waals surface area contributed by atoms with E-state index < -0.39 is 0 Å². The number of aromatic nitrogens is 2. The highest BCUT2D eigenvalue weighted by Gasteiger charge is 2.45. The van der Waals surface area contributed by atoms with Gasteiger partial charge in [0.25, 0.3) is 5.91 Å². The Hall–Kier alpha value is -2.59. The van der Waals surface area contributed by atoms with E-state index in [-0.39, 0.29) is 11.3 Å². The Bertz CT molecular complexity index is 917. The van der Waals surface area contributed by atoms with Crippen molar-refractivity contribution in [3.8, 4) is 0 Å². The van der Waals surface area contributed by atoms with Crippen LogP contribution in [0.25, 0.3) is 0 Å². The monoisotopic (exact) mass is 365 g/mol. The number of halogens is 1. The van der Waals surface area contributed by atoms with Crippen molar-refractivity contribution in [1.29, 1.82) is 0 Å². The van der Waals surface area contributed by atoms with E-state index in [9.17, 15) is 4.79 Å². The third-order valence-electron chi connectivity index (χ3n) is 5.04. The predicted molar refractivity (Wildman–Crippen MR) is 102 cm³/mol. The Morgan fingerprint density at radius 3 is 2.62 bits per heavy atom. The lowest BCUT2D eigenvalue weighted by Crippen LogP contribution is -2.33. The average Bonchev–Trinajstić information content (AvgIpc) is 3.27. The van der Waals surface area contributed by atoms with Crippen LogP contribution < -0.4 is 5.32 Å². The molecule has 132 valence electrons. The molecule has 4 rings (SSSR count). The molecule has 1 aromatic heterocycles. The number of rotatable bonds is 6. The second kappa shape index (κ2) is 6.96. The first-order valence-electron chi connectivity index (χ1n) is 8.76. The number of amides is 1. The van der Waals surface area contributed by atoms with Gasteiger partial charge in [-0.1, -0.05) is 48.0 Å². The quantitative estimate of drug-likeness (QED) is 0.716. The molecule has 0 saturated heterocycles. The van der Waals surface area contributed by atoms with Gasteiger partial charge in [0, 0.05) is 34.9 Å². The van der Waals surface area contributed by atoms with Crippen molar-refractivity contribution >= 4 is 17.5 Å². The molecule has 0 atom stereocenters. The van der Waals surface area contributed by atoms with Gasteiger partial charge < -0.3 is 5.32 Å². The molecule has 4 nitrogen and oxygen atoms in total. The maximum atomic E-state index is 12.8. The smallest absolute Gasteiger partial charge is 0.251 e. The molecule has 0 unspecified atom stereocenters. The highest BCUT2D eigenvalue weighted by atomic mass is 35.5. The molecule has 1 aliphatic rings. The zero-order valence-corrected chi connectivity index (χ0v) is 15.1. The number of hydrogen-bond acceptors (Lipinski definition) is 2. The number of benzene rings is 2. The minimum absolute atomic E-state index is 0.0229. The fourth-order valence-corrected chi connectivity index (χ4v) is 3.71. The van der Waals surface area contributed by atoms with Crippen LogP contribution in [0.3, 0.4) is 0 Å². The normalized spacial score (nSPS) is 14.8. The molecule has 0 bridgehead atoms. The average molecular weight is 366 g/mol. The van der Waals surface area contributed by atoms with Crippen molar-refractivity contribution in [1.82, 2.24) is 15.1 Å². The van der Waals surface area contributed by atoms with Crippen molar-refractivity contribution in [3.05, 3.63) is 88.7 Å². The zero-order chi connectivity index (χ0) is 18.0. The summed E-state index contributed by atoms with van der Waals surface area (Å²) in [5.74, 6) is -0.0499. The Balaban J connectivity index is 1.49. The third kappa shape index (κ3) is 3.37. The summed E-state index contributed by atoms with van der Waals surface area (Å²) >= 11 is 6.36. The maximum Gasteiger partial charge on any atom is 0.251 e. The lowest BCUT2D eigenvalue weighted by molar-refractivity contribution is 0.0948. The van der Waals surface area contributed by atoms with Crippen LogP contribution >= 0.6 is 11.6 Å². The molecule has 1 fully saturated rings. The highest BCUT2D eigenvalue weighted by Crippen LogP contribution is 2.49. The zero-order valence-electron chi connectivity index (χ0n) is 14.4. The van der Waals surface area contributed by atoms with E-state index >= 15 is 0 Å². The van der Waals surface area contributed by atoms with Gasteiger partial charge in [-0.2, -0.15) is 5.10 Å². The fourth-order valence-electron chi connectivity index (χ4n) is 3.38. The van der Waals surface area contributed by atoms with Gasteiger partial charge in [-0.25, -0.2) is 0 Å². The van der Waals surface area contributed by atoms with Gasteiger partial charge >= 0.3 is 0 Å². The molecule has 1 amide bonds. The minimum atomic E-state index is -0.0499. The van der Waals surface area contributed by atoms with Crippen molar-refractivity contribution in [2.75, 3.05) is 6.54 Å². The predicted octanol–water partition coefficient (Wildman–Crippen LogP) is 4.05. The molecule has 1 N–H and O–H groups in total. The lowest BCUT2D eigenvalue weighted by atomic mass is 9.95. The van der Waals surface area contributed by atoms with Gasteiger partial charge in [-0.15, -0.1) is 0 Å². The summed E-state index contributed by atoms with van der Waals surface area (Å²) in [5, 5.41) is 8.12. The molecule has 1 saturated carbocycles. The molecule has 0 spiro atoms. The molecule has 1 heterocycles. The first-order chi connectivity index (χ1) is 12.7. The highest BCUT2D eigenvalue weighted by molar-refractivity contribution is 6.31. The van der Waals surface area contributed by atoms with Crippen LogP contribution in [0.2, 0.25) is 5.02 Å². The van der Waals surface area contributed by atoms with Crippen LogP contribution in [0.4, 0.5) is 0 Å². The van der Waals surface area contributed by atoms with Crippen molar-refractivity contribution in [3.63, 3.8) is 0 Å². The molecule has 5 heteroatoms. The second-order valence-corrected chi connectivity index (χ2v) is 7.21. The van der Waals surface area contributed by atoms with E-state index in [1.54, 1.807) is 6.20 Å². The van der Waals surface area contributed by atoms with Crippen molar-refractivity contribution < 1.29 is 4.79 Å². The van der Waals surface area contributed by atoms with E-state index in [2.05, 4.69) is 16.5 Å². The van der Waals surface area contributed by atoms with E-state index in [1.165, 1.54) is 0 Å². The van der Waals surface area contributed by atoms with Crippen LogP contribution in [0.15, 0.2) is 67.0 Å². The van der Waals surface area contributed by atoms with Gasteiger partial charge in [0.05, 0.1) is 6.54 Å². The van der Waals surface area contributed by atoms with E-state index in [0.29, 0.717) is 18.7 Å². The van der Waals surface area contributed by atoms with Crippen LogP contribution in [0, 0.1) is 0 Å². The molecular weight excluding hydrogens is 346 g/mol. The minimum Gasteiger partial charge on any atom is -0.351 e. The molecule has 26 heavy (non-hydrogen) atoms. The fraction of sp³-hybridized carbons (Fsp3) is 0.238. The summed E-state index contributed by atoms with van der Waals surface area (Å²) in [7, 11) is 0. The Morgan fingerprint density at radius 1 is 1.12 bits per heavy atom. The largest absolute Gasteiger partial charge is 0.351 e. The molecule has 0 aliphatic heterocycles. The Morgan fingerprint density at radius 2 is 1.88 bits per heavy atom. The number of carbonyl (C=O) groups is 1. The summed E-state index contributed by atoms with van der Waals surface area (Å²) in [6, 6.07) is 17.5. The number of nitrogens with zero attached hydrogens (tertiary/aromatic N) is 2. The molecule has 0 radical (unpaired) electrons. The summed E-state index contributed by atoms with van der Waals surface area (Å²) in [6.07, 6.45) is 5.73. The molecular formula is C21H20ClN3O. The summed E-state index contributed by atoms with van der Waals surface area (Å²) in [4.78, 5) is 12.8. The summed E-state index contributed by atoms with van der Waals surface area (Å²) in [6.45, 7) is 1.18. The number of nitrogens with one attached hydrogen (secondary N) is 1. The van der Waals surface area contributed by atoms with Gasteiger partial charge in [-0.3, -0.25) is 9.48 Å². The van der Waals surface area contributed by atoms with Crippen LogP contribution in [0.5, 0.6) is 0 Å². The lowest BCUT2D eigenvalue weighted by Gasteiger charge is -2.18. The summed E-state index contributed by atoms with van der Waals surface area (Å²) in [5.41, 5.74) is 2.76. The van der Waals surface area contributed by atoms with Crippen molar-refractivity contribution in [2.45, 2.75) is 24.8 Å². The third-order valence-corrected chi connectivity index (χ3v) is 5.37.